The van der Waals surface area contributed by atoms with Crippen molar-refractivity contribution in [3.8, 4) is 0 Å². The molecule has 0 radical (unpaired) electrons. The smallest absolute Gasteiger partial charge is 0.310 e. The fraction of sp³-hybridized carbons (Fsp3) is 0.333. The Bertz CT molecular complexity index is 531. The first-order valence-corrected chi connectivity index (χ1v) is 5.33. The first kappa shape index (κ1) is 10.7. The third kappa shape index (κ3) is 1.56. The van der Waals surface area contributed by atoms with Gasteiger partial charge in [-0.2, -0.15) is 5.10 Å². The number of aryl methyl sites for hydroxylation is 1. The van der Waals surface area contributed by atoms with Gasteiger partial charge in [0.1, 0.15) is 0 Å². The molecule has 1 heterocycles. The van der Waals surface area contributed by atoms with Crippen molar-refractivity contribution in [2.24, 2.45) is 0 Å². The van der Waals surface area contributed by atoms with E-state index in [1.807, 2.05) is 25.1 Å². The predicted molar refractivity (Wildman–Crippen MR) is 61.5 cm³/mol. The van der Waals surface area contributed by atoms with Crippen LogP contribution in [-0.2, 0) is 11.2 Å². The molecule has 2 N–H and O–H groups in total. The molecule has 0 saturated carbocycles. The minimum Gasteiger partial charge on any atom is -0.481 e. The average Bonchev–Trinajstić information content (AvgIpc) is 2.70. The van der Waals surface area contributed by atoms with E-state index in [1.54, 1.807) is 6.92 Å². The fourth-order valence-electron chi connectivity index (χ4n) is 1.91. The zero-order valence-electron chi connectivity index (χ0n) is 9.32. The molecule has 4 nitrogen and oxygen atoms in total. The number of rotatable bonds is 3. The van der Waals surface area contributed by atoms with Crippen molar-refractivity contribution in [2.75, 3.05) is 0 Å². The molecular formula is C12H14N2O2. The van der Waals surface area contributed by atoms with E-state index in [0.29, 0.717) is 0 Å². The summed E-state index contributed by atoms with van der Waals surface area (Å²) in [6, 6.07) is 5.59. The normalized spacial score (nSPS) is 12.9. The molecule has 0 aliphatic heterocycles. The fourth-order valence-corrected chi connectivity index (χ4v) is 1.91. The number of hydrogen-bond donors (Lipinski definition) is 2. The lowest BCUT2D eigenvalue weighted by Gasteiger charge is -2.08. The molecule has 1 atom stereocenters. The Kier molecular flexibility index (Phi) is 2.64. The number of carbonyl (C=O) groups is 1. The van der Waals surface area contributed by atoms with Gasteiger partial charge in [-0.1, -0.05) is 19.1 Å². The molecule has 2 aromatic rings. The van der Waals surface area contributed by atoms with E-state index in [9.17, 15) is 4.79 Å². The summed E-state index contributed by atoms with van der Waals surface area (Å²) in [7, 11) is 0. The highest BCUT2D eigenvalue weighted by atomic mass is 16.4. The Morgan fingerprint density at radius 3 is 2.94 bits per heavy atom. The summed E-state index contributed by atoms with van der Waals surface area (Å²) < 4.78 is 0. The number of carboxylic acids is 1. The van der Waals surface area contributed by atoms with Gasteiger partial charge in [-0.15, -0.1) is 0 Å². The van der Waals surface area contributed by atoms with Gasteiger partial charge in [0.15, 0.2) is 0 Å². The van der Waals surface area contributed by atoms with Crippen LogP contribution in [0.1, 0.15) is 31.0 Å². The summed E-state index contributed by atoms with van der Waals surface area (Å²) in [5.74, 6) is -1.32. The van der Waals surface area contributed by atoms with Gasteiger partial charge in [-0.3, -0.25) is 9.89 Å². The van der Waals surface area contributed by atoms with Gasteiger partial charge in [-0.05, 0) is 25.0 Å². The second-order valence-corrected chi connectivity index (χ2v) is 3.86. The van der Waals surface area contributed by atoms with Crippen molar-refractivity contribution in [3.05, 3.63) is 29.5 Å². The number of nitrogens with one attached hydrogen (secondary N) is 1. The maximum absolute atomic E-state index is 11.0. The highest BCUT2D eigenvalue weighted by Gasteiger charge is 2.18. The molecule has 0 saturated heterocycles. The standard InChI is InChI=1S/C12H14N2O2/c1-3-9-11-8(7(2)12(15)16)5-4-6-10(11)14-13-9/h4-7H,3H2,1-2H3,(H,13,14)(H,15,16). The largest absolute Gasteiger partial charge is 0.481 e. The van der Waals surface area contributed by atoms with Gasteiger partial charge < -0.3 is 5.11 Å². The number of nitrogens with zero attached hydrogens (tertiary/aromatic N) is 1. The molecule has 0 spiro atoms. The minimum atomic E-state index is -0.809. The molecule has 2 rings (SSSR count). The third-order valence-electron chi connectivity index (χ3n) is 2.88. The Morgan fingerprint density at radius 1 is 1.56 bits per heavy atom. The topological polar surface area (TPSA) is 66.0 Å². The maximum Gasteiger partial charge on any atom is 0.310 e. The molecule has 1 unspecified atom stereocenters. The molecule has 84 valence electrons. The van der Waals surface area contributed by atoms with Gasteiger partial charge in [-0.25, -0.2) is 0 Å². The van der Waals surface area contributed by atoms with Crippen molar-refractivity contribution < 1.29 is 9.90 Å². The molecule has 0 bridgehead atoms. The molecule has 1 aromatic carbocycles. The number of benzene rings is 1. The number of aromatic nitrogens is 2. The Hall–Kier alpha value is -1.84. The van der Waals surface area contributed by atoms with Crippen molar-refractivity contribution in [3.63, 3.8) is 0 Å². The summed E-state index contributed by atoms with van der Waals surface area (Å²) in [6.07, 6.45) is 0.819. The molecule has 16 heavy (non-hydrogen) atoms. The lowest BCUT2D eigenvalue weighted by molar-refractivity contribution is -0.138. The quantitative estimate of drug-likeness (QED) is 0.830. The van der Waals surface area contributed by atoms with Crippen LogP contribution in [0.5, 0.6) is 0 Å². The molecule has 0 fully saturated rings. The highest BCUT2D eigenvalue weighted by Crippen LogP contribution is 2.27. The maximum atomic E-state index is 11.0. The van der Waals surface area contributed by atoms with Crippen LogP contribution < -0.4 is 0 Å². The first-order valence-electron chi connectivity index (χ1n) is 5.33. The van der Waals surface area contributed by atoms with Crippen LogP contribution >= 0.6 is 0 Å². The SMILES string of the molecule is CCc1[nH]nc2cccc(C(C)C(=O)O)c12. The summed E-state index contributed by atoms with van der Waals surface area (Å²) in [5, 5.41) is 17.2. The van der Waals surface area contributed by atoms with Crippen molar-refractivity contribution in [2.45, 2.75) is 26.2 Å². The summed E-state index contributed by atoms with van der Waals surface area (Å²) in [4.78, 5) is 11.0. The average molecular weight is 218 g/mol. The van der Waals surface area contributed by atoms with E-state index in [1.165, 1.54) is 0 Å². The van der Waals surface area contributed by atoms with Gasteiger partial charge >= 0.3 is 5.97 Å². The van der Waals surface area contributed by atoms with Crippen molar-refractivity contribution >= 4 is 16.9 Å². The van der Waals surface area contributed by atoms with E-state index in [2.05, 4.69) is 10.2 Å². The Balaban J connectivity index is 2.68. The van der Waals surface area contributed by atoms with E-state index in [-0.39, 0.29) is 0 Å². The van der Waals surface area contributed by atoms with Gasteiger partial charge in [0.05, 0.1) is 11.4 Å². The van der Waals surface area contributed by atoms with Gasteiger partial charge in [0.2, 0.25) is 0 Å². The van der Waals surface area contributed by atoms with Crippen LogP contribution in [0.2, 0.25) is 0 Å². The molecule has 1 aromatic heterocycles. The monoisotopic (exact) mass is 218 g/mol. The van der Waals surface area contributed by atoms with Crippen LogP contribution in [-0.4, -0.2) is 21.3 Å². The van der Waals surface area contributed by atoms with Crippen LogP contribution in [0.4, 0.5) is 0 Å². The lowest BCUT2D eigenvalue weighted by Crippen LogP contribution is -2.08. The van der Waals surface area contributed by atoms with E-state index in [4.69, 9.17) is 5.11 Å². The van der Waals surface area contributed by atoms with E-state index >= 15 is 0 Å². The minimum absolute atomic E-state index is 0.508. The van der Waals surface area contributed by atoms with Crippen LogP contribution in [0.15, 0.2) is 18.2 Å². The Labute approximate surface area is 93.3 Å². The van der Waals surface area contributed by atoms with Crippen LogP contribution in [0.25, 0.3) is 10.9 Å². The number of carboxylic acid groups (broad SMARTS) is 1. The second kappa shape index (κ2) is 3.96. The lowest BCUT2D eigenvalue weighted by atomic mass is 9.96. The summed E-state index contributed by atoms with van der Waals surface area (Å²) >= 11 is 0. The molecular weight excluding hydrogens is 204 g/mol. The summed E-state index contributed by atoms with van der Waals surface area (Å²) in [5.41, 5.74) is 2.66. The van der Waals surface area contributed by atoms with E-state index in [0.717, 1.165) is 28.6 Å². The number of H-pyrrole nitrogens is 1. The predicted octanol–water partition coefficient (Wildman–Crippen LogP) is 2.31. The van der Waals surface area contributed by atoms with Crippen molar-refractivity contribution in [1.82, 2.24) is 10.2 Å². The van der Waals surface area contributed by atoms with E-state index < -0.39 is 11.9 Å². The zero-order chi connectivity index (χ0) is 11.7. The van der Waals surface area contributed by atoms with Crippen LogP contribution in [0, 0.1) is 0 Å². The first-order chi connectivity index (χ1) is 7.65. The molecule has 0 aliphatic carbocycles. The van der Waals surface area contributed by atoms with Gasteiger partial charge in [0.25, 0.3) is 0 Å². The zero-order valence-corrected chi connectivity index (χ0v) is 9.32. The third-order valence-corrected chi connectivity index (χ3v) is 2.88. The second-order valence-electron chi connectivity index (χ2n) is 3.86. The van der Waals surface area contributed by atoms with Crippen molar-refractivity contribution in [1.29, 1.82) is 0 Å². The number of hydrogen-bond acceptors (Lipinski definition) is 2. The van der Waals surface area contributed by atoms with Gasteiger partial charge in [0, 0.05) is 11.1 Å². The Morgan fingerprint density at radius 2 is 2.31 bits per heavy atom. The van der Waals surface area contributed by atoms with Crippen LogP contribution in [0.3, 0.4) is 0 Å². The summed E-state index contributed by atoms with van der Waals surface area (Å²) in [6.45, 7) is 3.72. The molecule has 0 aliphatic rings. The number of fused-ring (bicyclic) bond motifs is 1. The molecule has 4 heteroatoms. The number of aliphatic carboxylic acids is 1. The number of aromatic amines is 1. The highest BCUT2D eigenvalue weighted by molar-refractivity contribution is 5.90. The molecule has 0 amide bonds.